The van der Waals surface area contributed by atoms with Crippen molar-refractivity contribution in [1.29, 1.82) is 0 Å². The van der Waals surface area contributed by atoms with Crippen LogP contribution in [0.3, 0.4) is 0 Å². The van der Waals surface area contributed by atoms with Gasteiger partial charge in [0.2, 0.25) is 5.91 Å². The molecule has 1 aliphatic carbocycles. The van der Waals surface area contributed by atoms with Crippen molar-refractivity contribution in [2.24, 2.45) is 0 Å². The van der Waals surface area contributed by atoms with Crippen molar-refractivity contribution in [3.63, 3.8) is 0 Å². The zero-order valence-corrected chi connectivity index (χ0v) is 13.9. The first-order valence-corrected chi connectivity index (χ1v) is 8.99. The summed E-state index contributed by atoms with van der Waals surface area (Å²) in [7, 11) is 0. The maximum atomic E-state index is 12.2. The van der Waals surface area contributed by atoms with E-state index in [2.05, 4.69) is 21.3 Å². The topological polar surface area (TPSA) is 45.2 Å². The number of aromatic nitrogens is 1. The first kappa shape index (κ1) is 16.0. The molecule has 0 atom stereocenters. The molecule has 1 amide bonds. The summed E-state index contributed by atoms with van der Waals surface area (Å²) in [6.45, 7) is 2.70. The molecule has 0 unspecified atom stereocenters. The number of piperidine rings is 1. The van der Waals surface area contributed by atoms with Crippen molar-refractivity contribution in [3.05, 3.63) is 35.5 Å². The van der Waals surface area contributed by atoms with Gasteiger partial charge in [0.25, 0.3) is 0 Å². The molecule has 0 spiro atoms. The maximum absolute atomic E-state index is 12.2. The highest BCUT2D eigenvalue weighted by molar-refractivity contribution is 5.88. The number of allylic oxidation sites excluding steroid dienone is 1. The number of nitrogens with zero attached hydrogens (tertiary/aromatic N) is 2. The van der Waals surface area contributed by atoms with Gasteiger partial charge in [-0.2, -0.15) is 0 Å². The van der Waals surface area contributed by atoms with Gasteiger partial charge in [0.1, 0.15) is 5.82 Å². The molecule has 2 heterocycles. The fourth-order valence-corrected chi connectivity index (χ4v) is 3.53. The third kappa shape index (κ3) is 4.57. The lowest BCUT2D eigenvalue weighted by Crippen LogP contribution is -2.32. The molecule has 1 N–H and O–H groups in total. The fourth-order valence-electron chi connectivity index (χ4n) is 3.53. The molecule has 1 aliphatic heterocycles. The minimum absolute atomic E-state index is 0.0374. The number of amides is 1. The number of carbonyl (C=O) groups excluding carboxylic acids is 1. The van der Waals surface area contributed by atoms with E-state index in [0.717, 1.165) is 37.3 Å². The van der Waals surface area contributed by atoms with E-state index in [1.54, 1.807) is 0 Å². The van der Waals surface area contributed by atoms with E-state index in [1.807, 2.05) is 18.3 Å². The van der Waals surface area contributed by atoms with E-state index in [4.69, 9.17) is 0 Å². The Labute approximate surface area is 139 Å². The van der Waals surface area contributed by atoms with Crippen molar-refractivity contribution in [3.8, 4) is 0 Å². The van der Waals surface area contributed by atoms with Crippen LogP contribution >= 0.6 is 0 Å². The van der Waals surface area contributed by atoms with Crippen LogP contribution in [0.2, 0.25) is 0 Å². The van der Waals surface area contributed by atoms with E-state index >= 15 is 0 Å². The third-order valence-electron chi connectivity index (χ3n) is 4.81. The van der Waals surface area contributed by atoms with E-state index in [9.17, 15) is 4.79 Å². The molecule has 4 nitrogen and oxygen atoms in total. The second-order valence-electron chi connectivity index (χ2n) is 6.61. The van der Waals surface area contributed by atoms with Gasteiger partial charge >= 0.3 is 0 Å². The minimum Gasteiger partial charge on any atom is -0.356 e. The Kier molecular flexibility index (Phi) is 5.67. The summed E-state index contributed by atoms with van der Waals surface area (Å²) in [5, 5.41) is 3.04. The summed E-state index contributed by atoms with van der Waals surface area (Å²) in [5.41, 5.74) is 2.42. The Bertz CT molecular complexity index is 553. The van der Waals surface area contributed by atoms with Crippen molar-refractivity contribution < 1.29 is 4.79 Å². The average Bonchev–Trinajstić information content (AvgIpc) is 2.62. The highest BCUT2D eigenvalue weighted by Crippen LogP contribution is 2.23. The Balaban J connectivity index is 1.60. The molecule has 1 aromatic rings. The average molecular weight is 313 g/mol. The summed E-state index contributed by atoms with van der Waals surface area (Å²) >= 11 is 0. The van der Waals surface area contributed by atoms with Gasteiger partial charge in [-0.3, -0.25) is 4.79 Å². The number of carbonyl (C=O) groups is 1. The molecule has 4 heteroatoms. The van der Waals surface area contributed by atoms with Crippen LogP contribution in [-0.2, 0) is 11.3 Å². The molecule has 0 bridgehead atoms. The summed E-state index contributed by atoms with van der Waals surface area (Å²) in [6, 6.07) is 4.03. The highest BCUT2D eigenvalue weighted by atomic mass is 16.1. The van der Waals surface area contributed by atoms with Gasteiger partial charge in [0, 0.05) is 37.5 Å². The highest BCUT2D eigenvalue weighted by Gasteiger charge is 2.15. The van der Waals surface area contributed by atoms with Crippen LogP contribution in [0.1, 0.15) is 56.9 Å². The van der Waals surface area contributed by atoms with E-state index in [1.165, 1.54) is 44.1 Å². The molecule has 3 rings (SSSR count). The lowest BCUT2D eigenvalue weighted by atomic mass is 9.94. The monoisotopic (exact) mass is 313 g/mol. The van der Waals surface area contributed by atoms with Crippen molar-refractivity contribution in [2.45, 2.75) is 57.9 Å². The molecule has 2 aliphatic rings. The molecule has 23 heavy (non-hydrogen) atoms. The smallest absolute Gasteiger partial charge is 0.244 e. The van der Waals surface area contributed by atoms with Gasteiger partial charge in [-0.15, -0.1) is 0 Å². The predicted octanol–water partition coefficient (Wildman–Crippen LogP) is 3.58. The van der Waals surface area contributed by atoms with Gasteiger partial charge in [0.15, 0.2) is 0 Å². The number of rotatable bonds is 4. The van der Waals surface area contributed by atoms with E-state index in [0.29, 0.717) is 6.54 Å². The Morgan fingerprint density at radius 1 is 1.13 bits per heavy atom. The fraction of sp³-hybridized carbons (Fsp3) is 0.579. The second kappa shape index (κ2) is 8.14. The molecule has 2 fully saturated rings. The van der Waals surface area contributed by atoms with Crippen LogP contribution in [0.5, 0.6) is 0 Å². The van der Waals surface area contributed by atoms with Gasteiger partial charge in [0.05, 0.1) is 0 Å². The molecule has 1 saturated carbocycles. The summed E-state index contributed by atoms with van der Waals surface area (Å²) in [6.07, 6.45) is 13.3. The van der Waals surface area contributed by atoms with Crippen LogP contribution in [0.15, 0.2) is 30.0 Å². The number of hydrogen-bond acceptors (Lipinski definition) is 3. The zero-order valence-electron chi connectivity index (χ0n) is 13.9. The molecule has 1 aromatic heterocycles. The zero-order chi connectivity index (χ0) is 15.9. The number of nitrogens with one attached hydrogen (secondary N) is 1. The lowest BCUT2D eigenvalue weighted by molar-refractivity contribution is -0.116. The van der Waals surface area contributed by atoms with E-state index < -0.39 is 0 Å². The van der Waals surface area contributed by atoms with Crippen LogP contribution < -0.4 is 10.2 Å². The van der Waals surface area contributed by atoms with Crippen LogP contribution in [0.4, 0.5) is 5.82 Å². The van der Waals surface area contributed by atoms with Gasteiger partial charge in [-0.1, -0.05) is 18.1 Å². The number of hydrogen-bond donors (Lipinski definition) is 1. The first-order chi connectivity index (χ1) is 11.3. The second-order valence-corrected chi connectivity index (χ2v) is 6.61. The molecule has 0 aromatic carbocycles. The quantitative estimate of drug-likeness (QED) is 0.864. The van der Waals surface area contributed by atoms with Crippen molar-refractivity contribution in [2.75, 3.05) is 18.0 Å². The lowest BCUT2D eigenvalue weighted by Gasteiger charge is -2.29. The first-order valence-electron chi connectivity index (χ1n) is 8.99. The van der Waals surface area contributed by atoms with Gasteiger partial charge in [-0.05, 0) is 51.0 Å². The summed E-state index contributed by atoms with van der Waals surface area (Å²) in [5.74, 6) is 1.08. The van der Waals surface area contributed by atoms with Crippen LogP contribution in [-0.4, -0.2) is 24.0 Å². The minimum atomic E-state index is 0.0374. The largest absolute Gasteiger partial charge is 0.356 e. The van der Waals surface area contributed by atoms with Crippen LogP contribution in [0.25, 0.3) is 0 Å². The van der Waals surface area contributed by atoms with Crippen molar-refractivity contribution in [1.82, 2.24) is 10.3 Å². The maximum Gasteiger partial charge on any atom is 0.244 e. The van der Waals surface area contributed by atoms with Crippen molar-refractivity contribution >= 4 is 11.7 Å². The van der Waals surface area contributed by atoms with E-state index in [-0.39, 0.29) is 5.91 Å². The molecule has 1 saturated heterocycles. The SMILES string of the molecule is O=C(C=C1CCCCC1)NCc1cccnc1N1CCCCC1. The Morgan fingerprint density at radius 2 is 1.87 bits per heavy atom. The van der Waals surface area contributed by atoms with Crippen LogP contribution in [0, 0.1) is 0 Å². The number of pyridine rings is 1. The molecule has 0 radical (unpaired) electrons. The molecular formula is C19H27N3O. The van der Waals surface area contributed by atoms with Gasteiger partial charge < -0.3 is 10.2 Å². The summed E-state index contributed by atoms with van der Waals surface area (Å²) < 4.78 is 0. The molecular weight excluding hydrogens is 286 g/mol. The Hall–Kier alpha value is -1.84. The standard InChI is InChI=1S/C19H27N3O/c23-18(14-16-8-3-1-4-9-16)21-15-17-10-7-11-20-19(17)22-12-5-2-6-13-22/h7,10-11,14H,1-6,8-9,12-13,15H2,(H,21,23). The Morgan fingerprint density at radius 3 is 2.65 bits per heavy atom. The normalized spacial score (nSPS) is 18.6. The third-order valence-corrected chi connectivity index (χ3v) is 4.81. The van der Waals surface area contributed by atoms with Gasteiger partial charge in [-0.25, -0.2) is 4.98 Å². The summed E-state index contributed by atoms with van der Waals surface area (Å²) in [4.78, 5) is 19.1. The number of anilines is 1. The molecule has 124 valence electrons. The predicted molar refractivity (Wildman–Crippen MR) is 93.3 cm³/mol.